The highest BCUT2D eigenvalue weighted by atomic mass is 79.9. The summed E-state index contributed by atoms with van der Waals surface area (Å²) in [6, 6.07) is 7.80. The van der Waals surface area contributed by atoms with Crippen LogP contribution in [0.1, 0.15) is 0 Å². The third-order valence-electron chi connectivity index (χ3n) is 1.99. The fourth-order valence-corrected chi connectivity index (χ4v) is 1.98. The summed E-state index contributed by atoms with van der Waals surface area (Å²) in [7, 11) is 0. The van der Waals surface area contributed by atoms with Gasteiger partial charge in [0.15, 0.2) is 0 Å². The van der Waals surface area contributed by atoms with E-state index < -0.39 is 0 Å². The molecule has 0 aliphatic heterocycles. The third-order valence-corrected chi connectivity index (χ3v) is 2.89. The Balaban J connectivity index is 1.84. The molecule has 0 aliphatic rings. The zero-order chi connectivity index (χ0) is 11.4. The van der Waals surface area contributed by atoms with E-state index in [4.69, 9.17) is 4.74 Å². The van der Waals surface area contributed by atoms with Gasteiger partial charge in [0.2, 0.25) is 0 Å². The Labute approximate surface area is 111 Å². The second kappa shape index (κ2) is 5.50. The van der Waals surface area contributed by atoms with Crippen molar-refractivity contribution in [3.05, 3.63) is 45.6 Å². The summed E-state index contributed by atoms with van der Waals surface area (Å²) in [4.78, 5) is 0. The van der Waals surface area contributed by atoms with Crippen molar-refractivity contribution >= 4 is 31.9 Å². The molecule has 0 fully saturated rings. The molecule has 0 amide bonds. The molecule has 84 valence electrons. The van der Waals surface area contributed by atoms with Crippen LogP contribution in [-0.2, 0) is 6.54 Å². The lowest BCUT2D eigenvalue weighted by Crippen LogP contribution is -2.08. The Kier molecular flexibility index (Phi) is 4.01. The van der Waals surface area contributed by atoms with E-state index in [0.717, 1.165) is 21.2 Å². The van der Waals surface area contributed by atoms with E-state index in [-0.39, 0.29) is 0 Å². The molecule has 1 aromatic heterocycles. The van der Waals surface area contributed by atoms with Crippen molar-refractivity contribution in [2.24, 2.45) is 0 Å². The van der Waals surface area contributed by atoms with Gasteiger partial charge in [-0.1, -0.05) is 22.0 Å². The first kappa shape index (κ1) is 11.7. The minimum absolute atomic E-state index is 0.602. The molecule has 1 aromatic carbocycles. The summed E-state index contributed by atoms with van der Waals surface area (Å²) < 4.78 is 9.43. The smallest absolute Gasteiger partial charge is 0.120 e. The molecule has 16 heavy (non-hydrogen) atoms. The Morgan fingerprint density at radius 2 is 2.12 bits per heavy atom. The molecule has 0 atom stereocenters. The molecule has 0 bridgehead atoms. The zero-order valence-electron chi connectivity index (χ0n) is 8.44. The van der Waals surface area contributed by atoms with Crippen molar-refractivity contribution < 1.29 is 4.74 Å². The minimum atomic E-state index is 0.602. The molecular weight excluding hydrogens is 336 g/mol. The van der Waals surface area contributed by atoms with Crippen LogP contribution in [0.5, 0.6) is 5.75 Å². The normalized spacial score (nSPS) is 10.4. The van der Waals surface area contributed by atoms with Crippen molar-refractivity contribution in [3.63, 3.8) is 0 Å². The monoisotopic (exact) mass is 344 g/mol. The molecule has 1 heterocycles. The largest absolute Gasteiger partial charge is 0.492 e. The number of ether oxygens (including phenoxy) is 1. The Bertz CT molecular complexity index is 471. The van der Waals surface area contributed by atoms with E-state index >= 15 is 0 Å². The van der Waals surface area contributed by atoms with Gasteiger partial charge in [-0.05, 0) is 34.1 Å². The van der Waals surface area contributed by atoms with Gasteiger partial charge in [0.25, 0.3) is 0 Å². The predicted molar refractivity (Wildman–Crippen MR) is 69.6 cm³/mol. The maximum atomic E-state index is 5.59. The summed E-state index contributed by atoms with van der Waals surface area (Å²) in [6.45, 7) is 1.34. The van der Waals surface area contributed by atoms with Crippen LogP contribution in [0, 0.1) is 0 Å². The summed E-state index contributed by atoms with van der Waals surface area (Å²) in [5, 5.41) is 4.15. The van der Waals surface area contributed by atoms with Crippen LogP contribution < -0.4 is 4.74 Å². The molecule has 0 N–H and O–H groups in total. The first-order chi connectivity index (χ1) is 7.74. The van der Waals surface area contributed by atoms with Crippen LogP contribution in [0.4, 0.5) is 0 Å². The molecule has 0 aliphatic carbocycles. The van der Waals surface area contributed by atoms with Gasteiger partial charge in [0.05, 0.1) is 17.2 Å². The van der Waals surface area contributed by atoms with E-state index in [1.165, 1.54) is 0 Å². The minimum Gasteiger partial charge on any atom is -0.492 e. The Morgan fingerprint density at radius 1 is 1.25 bits per heavy atom. The summed E-state index contributed by atoms with van der Waals surface area (Å²) in [5.74, 6) is 0.862. The number of rotatable bonds is 4. The quantitative estimate of drug-likeness (QED) is 0.848. The average Bonchev–Trinajstić information content (AvgIpc) is 2.64. The van der Waals surface area contributed by atoms with E-state index in [0.29, 0.717) is 6.61 Å². The number of hydrogen-bond acceptors (Lipinski definition) is 2. The van der Waals surface area contributed by atoms with Crippen molar-refractivity contribution in [2.75, 3.05) is 6.61 Å². The number of halogens is 2. The fourth-order valence-electron chi connectivity index (χ4n) is 1.27. The van der Waals surface area contributed by atoms with E-state index in [1.54, 1.807) is 6.20 Å². The van der Waals surface area contributed by atoms with Crippen LogP contribution in [0.2, 0.25) is 0 Å². The molecule has 3 nitrogen and oxygen atoms in total. The molecule has 0 saturated carbocycles. The van der Waals surface area contributed by atoms with Crippen LogP contribution in [0.3, 0.4) is 0 Å². The van der Waals surface area contributed by atoms with Crippen molar-refractivity contribution in [1.29, 1.82) is 0 Å². The van der Waals surface area contributed by atoms with Gasteiger partial charge >= 0.3 is 0 Å². The van der Waals surface area contributed by atoms with E-state index in [2.05, 4.69) is 37.0 Å². The summed E-state index contributed by atoms with van der Waals surface area (Å²) in [5.41, 5.74) is 0. The second-order valence-electron chi connectivity index (χ2n) is 3.23. The second-order valence-corrected chi connectivity index (χ2v) is 5.06. The van der Waals surface area contributed by atoms with Crippen LogP contribution in [-0.4, -0.2) is 16.4 Å². The van der Waals surface area contributed by atoms with Gasteiger partial charge in [-0.3, -0.25) is 4.68 Å². The highest BCUT2D eigenvalue weighted by Gasteiger charge is 1.97. The SMILES string of the molecule is Brc1cccc(OCCn2cc(Br)cn2)c1. The van der Waals surface area contributed by atoms with Crippen LogP contribution in [0.25, 0.3) is 0 Å². The first-order valence-electron chi connectivity index (χ1n) is 4.80. The van der Waals surface area contributed by atoms with Gasteiger partial charge in [-0.15, -0.1) is 0 Å². The molecule has 0 radical (unpaired) electrons. The number of hydrogen-bond donors (Lipinski definition) is 0. The molecule has 0 unspecified atom stereocenters. The molecule has 5 heteroatoms. The number of nitrogens with zero attached hydrogens (tertiary/aromatic N) is 2. The topological polar surface area (TPSA) is 27.1 Å². The highest BCUT2D eigenvalue weighted by molar-refractivity contribution is 9.10. The van der Waals surface area contributed by atoms with Crippen LogP contribution in [0.15, 0.2) is 45.6 Å². The summed E-state index contributed by atoms with van der Waals surface area (Å²) >= 11 is 6.75. The molecule has 2 rings (SSSR count). The maximum absolute atomic E-state index is 5.59. The van der Waals surface area contributed by atoms with Crippen molar-refractivity contribution in [2.45, 2.75) is 6.54 Å². The summed E-state index contributed by atoms with van der Waals surface area (Å²) in [6.07, 6.45) is 3.68. The first-order valence-corrected chi connectivity index (χ1v) is 6.39. The number of benzene rings is 1. The molecular formula is C11H10Br2N2O. The number of aromatic nitrogens is 2. The van der Waals surface area contributed by atoms with Gasteiger partial charge in [-0.25, -0.2) is 0 Å². The van der Waals surface area contributed by atoms with E-state index in [9.17, 15) is 0 Å². The van der Waals surface area contributed by atoms with Crippen molar-refractivity contribution in [3.8, 4) is 5.75 Å². The molecule has 0 saturated heterocycles. The van der Waals surface area contributed by atoms with Gasteiger partial charge in [-0.2, -0.15) is 5.10 Å². The van der Waals surface area contributed by atoms with Crippen molar-refractivity contribution in [1.82, 2.24) is 9.78 Å². The highest BCUT2D eigenvalue weighted by Crippen LogP contribution is 2.17. The fraction of sp³-hybridized carbons (Fsp3) is 0.182. The van der Waals surface area contributed by atoms with Crippen LogP contribution >= 0.6 is 31.9 Å². The molecule has 2 aromatic rings. The lowest BCUT2D eigenvalue weighted by atomic mass is 10.3. The van der Waals surface area contributed by atoms with Gasteiger partial charge in [0, 0.05) is 10.7 Å². The zero-order valence-corrected chi connectivity index (χ0v) is 11.6. The van der Waals surface area contributed by atoms with Gasteiger partial charge < -0.3 is 4.74 Å². The molecule has 0 spiro atoms. The average molecular weight is 346 g/mol. The third kappa shape index (κ3) is 3.35. The predicted octanol–water partition coefficient (Wildman–Crippen LogP) is 3.49. The maximum Gasteiger partial charge on any atom is 0.120 e. The lowest BCUT2D eigenvalue weighted by Gasteiger charge is -2.06. The Hall–Kier alpha value is -0.810. The Morgan fingerprint density at radius 3 is 2.81 bits per heavy atom. The van der Waals surface area contributed by atoms with Gasteiger partial charge in [0.1, 0.15) is 12.4 Å². The van der Waals surface area contributed by atoms with E-state index in [1.807, 2.05) is 35.1 Å². The lowest BCUT2D eigenvalue weighted by molar-refractivity contribution is 0.291. The standard InChI is InChI=1S/C11H10Br2N2O/c12-9-2-1-3-11(6-9)16-5-4-15-8-10(13)7-14-15/h1-3,6-8H,4-5H2.